The van der Waals surface area contributed by atoms with E-state index in [0.717, 1.165) is 31.2 Å². The molecule has 0 amide bonds. The number of allylic oxidation sites excluding steroid dienone is 2. The summed E-state index contributed by atoms with van der Waals surface area (Å²) in [7, 11) is 0. The fourth-order valence-corrected chi connectivity index (χ4v) is 3.87. The van der Waals surface area contributed by atoms with E-state index < -0.39 is 11.8 Å². The molecule has 1 fully saturated rings. The fourth-order valence-electron chi connectivity index (χ4n) is 3.87. The van der Waals surface area contributed by atoms with Crippen LogP contribution in [0.25, 0.3) is 0 Å². The van der Waals surface area contributed by atoms with Crippen LogP contribution in [0, 0.1) is 23.7 Å². The van der Waals surface area contributed by atoms with Crippen LogP contribution >= 0.6 is 0 Å². The number of hydrogen-bond donors (Lipinski definition) is 0. The zero-order valence-electron chi connectivity index (χ0n) is 14.7. The summed E-state index contributed by atoms with van der Waals surface area (Å²) < 4.78 is 11.0. The number of rotatable bonds is 7. The van der Waals surface area contributed by atoms with Gasteiger partial charge in [0.05, 0.1) is 18.4 Å². The van der Waals surface area contributed by atoms with E-state index in [1.165, 1.54) is 0 Å². The van der Waals surface area contributed by atoms with Gasteiger partial charge in [-0.2, -0.15) is 0 Å². The molecular weight excluding hydrogens is 316 g/mol. The van der Waals surface area contributed by atoms with E-state index in [0.29, 0.717) is 6.61 Å². The average Bonchev–Trinajstić information content (AvgIpc) is 2.67. The van der Waals surface area contributed by atoms with Gasteiger partial charge in [0, 0.05) is 0 Å². The molecular formula is C21H26O4. The number of benzene rings is 1. The lowest BCUT2D eigenvalue weighted by molar-refractivity contribution is -0.168. The second-order valence-corrected chi connectivity index (χ2v) is 6.96. The van der Waals surface area contributed by atoms with E-state index in [4.69, 9.17) is 9.47 Å². The molecule has 0 heterocycles. The number of carbonyl (C=O) groups is 2. The molecule has 0 aromatic heterocycles. The highest BCUT2D eigenvalue weighted by Crippen LogP contribution is 2.46. The zero-order chi connectivity index (χ0) is 17.6. The fraction of sp³-hybridized carbons (Fsp3) is 0.524. The van der Waals surface area contributed by atoms with Crippen LogP contribution in [-0.2, 0) is 25.7 Å². The first kappa shape index (κ1) is 17.7. The number of carbonyl (C=O) groups excluding carboxylic acids is 2. The Hall–Kier alpha value is -2.10. The molecule has 134 valence electrons. The lowest BCUT2D eigenvalue weighted by atomic mass is 9.62. The Bertz CT molecular complexity index is 622. The minimum atomic E-state index is -0.415. The topological polar surface area (TPSA) is 52.6 Å². The van der Waals surface area contributed by atoms with Crippen molar-refractivity contribution in [2.75, 3.05) is 6.61 Å². The number of ether oxygens (including phenoxy) is 2. The predicted octanol–water partition coefficient (Wildman–Crippen LogP) is 3.90. The van der Waals surface area contributed by atoms with Gasteiger partial charge in [-0.15, -0.1) is 0 Å². The molecule has 4 rings (SSSR count). The normalized spacial score (nSPS) is 27.1. The monoisotopic (exact) mass is 342 g/mol. The second kappa shape index (κ2) is 8.32. The first-order valence-electron chi connectivity index (χ1n) is 9.26. The first-order valence-corrected chi connectivity index (χ1v) is 9.26. The van der Waals surface area contributed by atoms with Crippen LogP contribution < -0.4 is 0 Å². The molecule has 25 heavy (non-hydrogen) atoms. The lowest BCUT2D eigenvalue weighted by Crippen LogP contribution is -2.46. The summed E-state index contributed by atoms with van der Waals surface area (Å²) >= 11 is 0. The Balaban J connectivity index is 1.67. The van der Waals surface area contributed by atoms with Crippen molar-refractivity contribution in [1.82, 2.24) is 0 Å². The summed E-state index contributed by atoms with van der Waals surface area (Å²) in [6, 6.07) is 9.62. The van der Waals surface area contributed by atoms with Crippen molar-refractivity contribution in [1.29, 1.82) is 0 Å². The third kappa shape index (κ3) is 4.12. The van der Waals surface area contributed by atoms with Crippen molar-refractivity contribution in [2.45, 2.75) is 39.2 Å². The summed E-state index contributed by atoms with van der Waals surface area (Å²) in [6.07, 6.45) is 7.87. The highest BCUT2D eigenvalue weighted by Gasteiger charge is 2.49. The van der Waals surface area contributed by atoms with Crippen LogP contribution in [0.2, 0.25) is 0 Å². The molecule has 4 nitrogen and oxygen atoms in total. The molecule has 1 saturated carbocycles. The molecule has 4 heteroatoms. The van der Waals surface area contributed by atoms with Gasteiger partial charge in [0.2, 0.25) is 0 Å². The van der Waals surface area contributed by atoms with Gasteiger partial charge in [0.25, 0.3) is 0 Å². The van der Waals surface area contributed by atoms with E-state index in [1.54, 1.807) is 0 Å². The quantitative estimate of drug-likeness (QED) is 0.428. The third-order valence-electron chi connectivity index (χ3n) is 5.26. The van der Waals surface area contributed by atoms with Crippen LogP contribution in [0.5, 0.6) is 0 Å². The minimum absolute atomic E-state index is 0.0806. The van der Waals surface area contributed by atoms with Gasteiger partial charge in [0.15, 0.2) is 0 Å². The highest BCUT2D eigenvalue weighted by atomic mass is 16.5. The van der Waals surface area contributed by atoms with E-state index in [1.807, 2.05) is 30.3 Å². The van der Waals surface area contributed by atoms with E-state index in [2.05, 4.69) is 19.1 Å². The average molecular weight is 342 g/mol. The van der Waals surface area contributed by atoms with Crippen LogP contribution in [0.3, 0.4) is 0 Å². The standard InChI is InChI=1S/C21H26O4/c1-2-3-13-24-20(22)18-16-9-11-17(12-10-16)19(18)21(23)25-14-15-7-5-4-6-8-15/h4-9,11,16-19H,2-3,10,12-14H2,1H3. The van der Waals surface area contributed by atoms with Crippen LogP contribution in [0.4, 0.5) is 0 Å². The van der Waals surface area contributed by atoms with Gasteiger partial charge < -0.3 is 9.47 Å². The third-order valence-corrected chi connectivity index (χ3v) is 5.26. The smallest absolute Gasteiger partial charge is 0.310 e. The summed E-state index contributed by atoms with van der Waals surface area (Å²) in [5, 5.41) is 0. The van der Waals surface area contributed by atoms with E-state index in [9.17, 15) is 9.59 Å². The van der Waals surface area contributed by atoms with Crippen molar-refractivity contribution in [3.05, 3.63) is 48.0 Å². The maximum Gasteiger partial charge on any atom is 0.310 e. The van der Waals surface area contributed by atoms with Gasteiger partial charge in [-0.1, -0.05) is 55.8 Å². The largest absolute Gasteiger partial charge is 0.465 e. The minimum Gasteiger partial charge on any atom is -0.465 e. The Kier molecular flexibility index (Phi) is 5.90. The SMILES string of the molecule is CCCCOC(=O)C1C2C=CC(CC2)C1C(=O)OCc1ccccc1. The van der Waals surface area contributed by atoms with Gasteiger partial charge in [-0.3, -0.25) is 9.59 Å². The maximum atomic E-state index is 12.7. The molecule has 1 aromatic rings. The van der Waals surface area contributed by atoms with Crippen LogP contribution in [0.15, 0.2) is 42.5 Å². The lowest BCUT2D eigenvalue weighted by Gasteiger charge is -2.42. The highest BCUT2D eigenvalue weighted by molar-refractivity contribution is 5.83. The Morgan fingerprint density at radius 1 is 0.960 bits per heavy atom. The van der Waals surface area contributed by atoms with Gasteiger partial charge in [0.1, 0.15) is 6.61 Å². The Labute approximate surface area is 149 Å². The van der Waals surface area contributed by atoms with Crippen molar-refractivity contribution in [2.24, 2.45) is 23.7 Å². The zero-order valence-corrected chi connectivity index (χ0v) is 14.7. The van der Waals surface area contributed by atoms with Crippen molar-refractivity contribution in [3.63, 3.8) is 0 Å². The molecule has 1 aromatic carbocycles. The van der Waals surface area contributed by atoms with Crippen molar-refractivity contribution < 1.29 is 19.1 Å². The molecule has 0 aliphatic heterocycles. The number of unbranched alkanes of at least 4 members (excludes halogenated alkanes) is 1. The van der Waals surface area contributed by atoms with Crippen LogP contribution in [0.1, 0.15) is 38.2 Å². The molecule has 0 spiro atoms. The van der Waals surface area contributed by atoms with Crippen molar-refractivity contribution in [3.8, 4) is 0 Å². The van der Waals surface area contributed by atoms with E-state index >= 15 is 0 Å². The Morgan fingerprint density at radius 2 is 1.56 bits per heavy atom. The van der Waals surface area contributed by atoms with Gasteiger partial charge in [-0.25, -0.2) is 0 Å². The van der Waals surface area contributed by atoms with Crippen molar-refractivity contribution >= 4 is 11.9 Å². The first-order chi connectivity index (χ1) is 12.2. The molecule has 0 saturated heterocycles. The number of esters is 2. The van der Waals surface area contributed by atoms with Gasteiger partial charge in [-0.05, 0) is 36.7 Å². The summed E-state index contributed by atoms with van der Waals surface area (Å²) in [5.74, 6) is -1.16. The Morgan fingerprint density at radius 3 is 2.12 bits per heavy atom. The molecule has 3 aliphatic rings. The van der Waals surface area contributed by atoms with Gasteiger partial charge >= 0.3 is 11.9 Å². The summed E-state index contributed by atoms with van der Waals surface area (Å²) in [4.78, 5) is 25.3. The molecule has 4 atom stereocenters. The molecule has 0 radical (unpaired) electrons. The molecule has 4 unspecified atom stereocenters. The number of hydrogen-bond acceptors (Lipinski definition) is 4. The summed E-state index contributed by atoms with van der Waals surface area (Å²) in [6.45, 7) is 2.73. The molecule has 3 aliphatic carbocycles. The molecule has 0 N–H and O–H groups in total. The van der Waals surface area contributed by atoms with Crippen LogP contribution in [-0.4, -0.2) is 18.5 Å². The predicted molar refractivity (Wildman–Crippen MR) is 94.4 cm³/mol. The summed E-state index contributed by atoms with van der Waals surface area (Å²) in [5.41, 5.74) is 0.953. The molecule has 2 bridgehead atoms. The number of fused-ring (bicyclic) bond motifs is 2. The maximum absolute atomic E-state index is 12.7. The second-order valence-electron chi connectivity index (χ2n) is 6.96. The van der Waals surface area contributed by atoms with E-state index in [-0.39, 0.29) is 30.4 Å².